The maximum absolute atomic E-state index is 12.9. The number of hydrogen-bond donors (Lipinski definition) is 2. The summed E-state index contributed by atoms with van der Waals surface area (Å²) < 4.78 is 20.9. The van der Waals surface area contributed by atoms with Crippen LogP contribution >= 0.6 is 0 Å². The zero-order valence-corrected chi connectivity index (χ0v) is 18.1. The molecule has 8 nitrogen and oxygen atoms in total. The number of hydrogen-bond acceptors (Lipinski definition) is 8. The molecule has 2 rings (SSSR count). The monoisotopic (exact) mass is 418 g/mol. The van der Waals surface area contributed by atoms with E-state index < -0.39 is 11.9 Å². The van der Waals surface area contributed by atoms with Crippen molar-refractivity contribution in [2.75, 3.05) is 21.0 Å². The van der Waals surface area contributed by atoms with Gasteiger partial charge < -0.3 is 29.2 Å². The average Bonchev–Trinajstić information content (AvgIpc) is 2.69. The van der Waals surface area contributed by atoms with E-state index in [4.69, 9.17) is 18.9 Å². The molecule has 0 aliphatic carbocycles. The molecule has 2 aromatic rings. The predicted octanol–water partition coefficient (Wildman–Crippen LogP) is 3.63. The van der Waals surface area contributed by atoms with Gasteiger partial charge in [-0.25, -0.2) is 9.59 Å². The van der Waals surface area contributed by atoms with Crippen molar-refractivity contribution >= 4 is 11.9 Å². The lowest BCUT2D eigenvalue weighted by Gasteiger charge is -2.20. The summed E-state index contributed by atoms with van der Waals surface area (Å²) in [4.78, 5) is 25.4. The van der Waals surface area contributed by atoms with Gasteiger partial charge >= 0.3 is 11.9 Å². The zero-order chi connectivity index (χ0) is 22.7. The maximum Gasteiger partial charge on any atom is 0.347 e. The van der Waals surface area contributed by atoms with Crippen LogP contribution < -0.4 is 9.47 Å². The van der Waals surface area contributed by atoms with Crippen LogP contribution in [0.4, 0.5) is 0 Å². The fourth-order valence-electron chi connectivity index (χ4n) is 3.24. The lowest BCUT2D eigenvalue weighted by molar-refractivity contribution is -0.0126. The predicted molar refractivity (Wildman–Crippen MR) is 109 cm³/mol. The van der Waals surface area contributed by atoms with Crippen molar-refractivity contribution in [1.82, 2.24) is 0 Å². The molecule has 0 atom stereocenters. The minimum absolute atomic E-state index is 0.0642. The second-order valence-corrected chi connectivity index (χ2v) is 6.90. The Morgan fingerprint density at radius 2 is 1.47 bits per heavy atom. The molecule has 0 bridgehead atoms. The third-order valence-electron chi connectivity index (χ3n) is 5.04. The molecular weight excluding hydrogens is 392 g/mol. The molecule has 0 fully saturated rings. The van der Waals surface area contributed by atoms with Crippen molar-refractivity contribution in [1.29, 1.82) is 0 Å². The molecular formula is C22H26O8. The summed E-state index contributed by atoms with van der Waals surface area (Å²) in [6, 6.07) is 1.38. The van der Waals surface area contributed by atoms with E-state index in [0.717, 1.165) is 0 Å². The van der Waals surface area contributed by atoms with Crippen LogP contribution in [0.25, 0.3) is 0 Å². The van der Waals surface area contributed by atoms with Gasteiger partial charge in [-0.05, 0) is 57.4 Å². The Hall–Kier alpha value is -3.26. The largest absolute Gasteiger partial charge is 0.508 e. The van der Waals surface area contributed by atoms with Gasteiger partial charge in [0.05, 0.1) is 12.7 Å². The number of carbonyl (C=O) groups excluding carboxylic acids is 2. The van der Waals surface area contributed by atoms with Crippen LogP contribution in [0.3, 0.4) is 0 Å². The van der Waals surface area contributed by atoms with Gasteiger partial charge in [-0.1, -0.05) is 0 Å². The second-order valence-electron chi connectivity index (χ2n) is 6.90. The average molecular weight is 418 g/mol. The zero-order valence-electron chi connectivity index (χ0n) is 18.1. The molecule has 0 aliphatic heterocycles. The summed E-state index contributed by atoms with van der Waals surface area (Å²) >= 11 is 0. The van der Waals surface area contributed by atoms with Gasteiger partial charge in [-0.3, -0.25) is 0 Å². The van der Waals surface area contributed by atoms with E-state index in [1.807, 2.05) is 0 Å². The lowest BCUT2D eigenvalue weighted by atomic mass is 9.96. The Morgan fingerprint density at radius 1 is 0.833 bits per heavy atom. The molecule has 0 amide bonds. The van der Waals surface area contributed by atoms with Crippen molar-refractivity contribution in [3.63, 3.8) is 0 Å². The normalized spacial score (nSPS) is 10.6. The molecule has 0 radical (unpaired) electrons. The molecule has 0 spiro atoms. The van der Waals surface area contributed by atoms with E-state index in [9.17, 15) is 19.8 Å². The number of phenols is 2. The van der Waals surface area contributed by atoms with Gasteiger partial charge in [0.1, 0.15) is 17.1 Å². The summed E-state index contributed by atoms with van der Waals surface area (Å²) in [7, 11) is 2.80. The summed E-state index contributed by atoms with van der Waals surface area (Å²) in [5.41, 5.74) is 2.24. The first kappa shape index (κ1) is 23.0. The number of methoxy groups -OCH3 is 2. The molecule has 0 aromatic heterocycles. The van der Waals surface area contributed by atoms with E-state index in [1.165, 1.54) is 27.2 Å². The SMILES string of the molecule is COCOC(=O)c1c(C)c(C)c(OC(=O)c2c(C)cc(O)c(C)c2O)c(OC)c1C. The summed E-state index contributed by atoms with van der Waals surface area (Å²) in [5.74, 6) is -1.56. The Labute approximate surface area is 175 Å². The molecule has 0 unspecified atom stereocenters. The number of benzene rings is 2. The topological polar surface area (TPSA) is 112 Å². The highest BCUT2D eigenvalue weighted by Crippen LogP contribution is 2.41. The highest BCUT2D eigenvalue weighted by Gasteiger charge is 2.28. The van der Waals surface area contributed by atoms with E-state index in [2.05, 4.69) is 0 Å². The molecule has 30 heavy (non-hydrogen) atoms. The van der Waals surface area contributed by atoms with E-state index in [0.29, 0.717) is 27.8 Å². The van der Waals surface area contributed by atoms with Crippen molar-refractivity contribution in [2.24, 2.45) is 0 Å². The van der Waals surface area contributed by atoms with Crippen LogP contribution in [0, 0.1) is 34.6 Å². The lowest BCUT2D eigenvalue weighted by Crippen LogP contribution is -2.16. The number of esters is 2. The fourth-order valence-corrected chi connectivity index (χ4v) is 3.24. The van der Waals surface area contributed by atoms with Crippen molar-refractivity contribution in [2.45, 2.75) is 34.6 Å². The van der Waals surface area contributed by atoms with Crippen molar-refractivity contribution in [3.05, 3.63) is 45.0 Å². The minimum Gasteiger partial charge on any atom is -0.508 e. The van der Waals surface area contributed by atoms with Crippen LogP contribution in [-0.4, -0.2) is 43.2 Å². The molecule has 0 aliphatic rings. The summed E-state index contributed by atoms with van der Waals surface area (Å²) in [6.07, 6.45) is 0. The molecule has 2 N–H and O–H groups in total. The standard InChI is InChI=1S/C22H26O8/c1-10-8-15(23)13(4)18(24)16(10)22(26)30-20-12(3)11(2)17(14(5)19(20)28-7)21(25)29-9-27-6/h8,23-24H,9H2,1-7H3. The second kappa shape index (κ2) is 9.04. The quantitative estimate of drug-likeness (QED) is 0.416. The third-order valence-corrected chi connectivity index (χ3v) is 5.04. The van der Waals surface area contributed by atoms with Gasteiger partial charge in [0.25, 0.3) is 0 Å². The summed E-state index contributed by atoms with van der Waals surface area (Å²) in [6.45, 7) is 7.90. The van der Waals surface area contributed by atoms with Crippen LogP contribution in [-0.2, 0) is 9.47 Å². The number of carbonyl (C=O) groups is 2. The van der Waals surface area contributed by atoms with Crippen LogP contribution in [0.15, 0.2) is 6.07 Å². The number of aryl methyl sites for hydroxylation is 1. The van der Waals surface area contributed by atoms with Crippen molar-refractivity contribution in [3.8, 4) is 23.0 Å². The first-order valence-electron chi connectivity index (χ1n) is 9.14. The molecule has 162 valence electrons. The molecule has 0 saturated heterocycles. The Bertz CT molecular complexity index is 1010. The van der Waals surface area contributed by atoms with Gasteiger partial charge in [-0.15, -0.1) is 0 Å². The Balaban J connectivity index is 2.58. The number of ether oxygens (including phenoxy) is 4. The van der Waals surface area contributed by atoms with Gasteiger partial charge in [0.15, 0.2) is 18.3 Å². The van der Waals surface area contributed by atoms with Crippen molar-refractivity contribution < 1.29 is 38.7 Å². The highest BCUT2D eigenvalue weighted by atomic mass is 16.7. The van der Waals surface area contributed by atoms with E-state index in [1.54, 1.807) is 27.7 Å². The first-order chi connectivity index (χ1) is 14.1. The number of phenolic OH excluding ortho intramolecular Hbond substituents is 2. The van der Waals surface area contributed by atoms with Gasteiger partial charge in [-0.2, -0.15) is 0 Å². The van der Waals surface area contributed by atoms with Gasteiger partial charge in [0.2, 0.25) is 0 Å². The van der Waals surface area contributed by atoms with E-state index >= 15 is 0 Å². The maximum atomic E-state index is 12.9. The van der Waals surface area contributed by atoms with Crippen LogP contribution in [0.1, 0.15) is 48.5 Å². The fraction of sp³-hybridized carbons (Fsp3) is 0.364. The first-order valence-corrected chi connectivity index (χ1v) is 9.14. The minimum atomic E-state index is -0.817. The number of aromatic hydroxyl groups is 2. The van der Waals surface area contributed by atoms with Crippen LogP contribution in [0.2, 0.25) is 0 Å². The Morgan fingerprint density at radius 3 is 2.03 bits per heavy atom. The highest BCUT2D eigenvalue weighted by molar-refractivity contribution is 5.98. The number of rotatable bonds is 6. The van der Waals surface area contributed by atoms with Gasteiger partial charge in [0, 0.05) is 18.2 Å². The van der Waals surface area contributed by atoms with E-state index in [-0.39, 0.29) is 40.9 Å². The van der Waals surface area contributed by atoms with Crippen LogP contribution in [0.5, 0.6) is 23.0 Å². The summed E-state index contributed by atoms with van der Waals surface area (Å²) in [5, 5.41) is 20.2. The third kappa shape index (κ3) is 4.04. The Kier molecular flexibility index (Phi) is 6.94. The molecule has 2 aromatic carbocycles. The molecule has 0 heterocycles. The molecule has 8 heteroatoms. The molecule has 0 saturated carbocycles. The smallest absolute Gasteiger partial charge is 0.347 e.